The van der Waals surface area contributed by atoms with E-state index in [2.05, 4.69) is 15.0 Å². The topological polar surface area (TPSA) is 58.9 Å². The summed E-state index contributed by atoms with van der Waals surface area (Å²) in [7, 11) is 0. The van der Waals surface area contributed by atoms with Crippen molar-refractivity contribution in [3.05, 3.63) is 53.9 Å². The average Bonchev–Trinajstić information content (AvgIpc) is 2.29. The molecule has 0 radical (unpaired) electrons. The molecule has 0 aliphatic carbocycles. The molecule has 2 heterocycles. The summed E-state index contributed by atoms with van der Waals surface area (Å²) >= 11 is 0. The molecule has 0 amide bonds. The smallest absolute Gasteiger partial charge is 0.161 e. The second-order valence-corrected chi connectivity index (χ2v) is 3.31. The van der Waals surface area contributed by atoms with Crippen molar-refractivity contribution < 1.29 is 5.11 Å². The molecular formula is C11H11N3O. The van der Waals surface area contributed by atoms with Gasteiger partial charge in [0.1, 0.15) is 6.10 Å². The number of hydrogen-bond donors (Lipinski definition) is 1. The van der Waals surface area contributed by atoms with Crippen molar-refractivity contribution in [3.8, 4) is 0 Å². The van der Waals surface area contributed by atoms with E-state index in [1.54, 1.807) is 30.9 Å². The van der Waals surface area contributed by atoms with Crippen LogP contribution < -0.4 is 0 Å². The Morgan fingerprint density at radius 1 is 1.20 bits per heavy atom. The highest BCUT2D eigenvalue weighted by molar-refractivity contribution is 5.23. The van der Waals surface area contributed by atoms with Crippen molar-refractivity contribution in [1.29, 1.82) is 0 Å². The number of pyridine rings is 1. The third kappa shape index (κ3) is 2.16. The minimum absolute atomic E-state index is 0.393. The van der Waals surface area contributed by atoms with Crippen LogP contribution in [-0.4, -0.2) is 20.1 Å². The molecule has 0 saturated heterocycles. The number of aliphatic hydroxyl groups is 1. The lowest BCUT2D eigenvalue weighted by atomic mass is 10.1. The maximum absolute atomic E-state index is 9.95. The Balaban J connectivity index is 2.32. The quantitative estimate of drug-likeness (QED) is 0.794. The van der Waals surface area contributed by atoms with Crippen LogP contribution in [0.3, 0.4) is 0 Å². The Bertz CT molecular complexity index is 445. The Hall–Kier alpha value is -1.81. The molecular weight excluding hydrogens is 190 g/mol. The Morgan fingerprint density at radius 2 is 1.93 bits per heavy atom. The molecule has 76 valence electrons. The van der Waals surface area contributed by atoms with Gasteiger partial charge in [0.05, 0.1) is 0 Å². The van der Waals surface area contributed by atoms with Crippen molar-refractivity contribution in [1.82, 2.24) is 15.0 Å². The second-order valence-electron chi connectivity index (χ2n) is 3.31. The number of nitrogens with zero attached hydrogens (tertiary/aromatic N) is 3. The zero-order valence-corrected chi connectivity index (χ0v) is 8.33. The van der Waals surface area contributed by atoms with Gasteiger partial charge in [-0.3, -0.25) is 4.98 Å². The van der Waals surface area contributed by atoms with Crippen molar-refractivity contribution in [2.45, 2.75) is 13.0 Å². The molecule has 0 spiro atoms. The molecule has 2 aromatic heterocycles. The summed E-state index contributed by atoms with van der Waals surface area (Å²) in [5, 5.41) is 9.95. The van der Waals surface area contributed by atoms with E-state index in [-0.39, 0.29) is 0 Å². The predicted molar refractivity (Wildman–Crippen MR) is 55.1 cm³/mol. The lowest BCUT2D eigenvalue weighted by molar-refractivity contribution is 0.209. The van der Waals surface area contributed by atoms with Gasteiger partial charge in [-0.2, -0.15) is 0 Å². The summed E-state index contributed by atoms with van der Waals surface area (Å²) < 4.78 is 0. The van der Waals surface area contributed by atoms with Crippen LogP contribution in [0.15, 0.2) is 36.9 Å². The first-order valence-corrected chi connectivity index (χ1v) is 4.64. The van der Waals surface area contributed by atoms with E-state index in [0.717, 1.165) is 5.56 Å². The standard InChI is InChI=1S/C11H11N3O/c1-8-5-9(7-12-6-8)10(15)11-13-3-2-4-14-11/h2-7,10,15H,1H3. The molecule has 0 aliphatic heterocycles. The number of aliphatic hydroxyl groups excluding tert-OH is 1. The normalized spacial score (nSPS) is 12.4. The maximum atomic E-state index is 9.95. The van der Waals surface area contributed by atoms with Crippen molar-refractivity contribution in [2.24, 2.45) is 0 Å². The van der Waals surface area contributed by atoms with Gasteiger partial charge in [0.25, 0.3) is 0 Å². The largest absolute Gasteiger partial charge is 0.380 e. The molecule has 4 heteroatoms. The fraction of sp³-hybridized carbons (Fsp3) is 0.182. The van der Waals surface area contributed by atoms with E-state index in [9.17, 15) is 5.11 Å². The SMILES string of the molecule is Cc1cncc(C(O)c2ncccn2)c1. The maximum Gasteiger partial charge on any atom is 0.161 e. The highest BCUT2D eigenvalue weighted by atomic mass is 16.3. The minimum atomic E-state index is -0.807. The summed E-state index contributed by atoms with van der Waals surface area (Å²) in [6.45, 7) is 1.93. The summed E-state index contributed by atoms with van der Waals surface area (Å²) in [6, 6.07) is 3.58. The van der Waals surface area contributed by atoms with E-state index in [4.69, 9.17) is 0 Å². The van der Waals surface area contributed by atoms with Gasteiger partial charge in [-0.25, -0.2) is 9.97 Å². The number of rotatable bonds is 2. The van der Waals surface area contributed by atoms with Crippen molar-refractivity contribution in [3.63, 3.8) is 0 Å². The fourth-order valence-electron chi connectivity index (χ4n) is 1.33. The number of hydrogen-bond acceptors (Lipinski definition) is 4. The van der Waals surface area contributed by atoms with Crippen LogP contribution in [-0.2, 0) is 0 Å². The molecule has 1 N–H and O–H groups in total. The van der Waals surface area contributed by atoms with Gasteiger partial charge in [0.2, 0.25) is 0 Å². The van der Waals surface area contributed by atoms with Crippen molar-refractivity contribution >= 4 is 0 Å². The minimum Gasteiger partial charge on any atom is -0.380 e. The van der Waals surface area contributed by atoms with Gasteiger partial charge in [-0.15, -0.1) is 0 Å². The summed E-state index contributed by atoms with van der Waals surface area (Å²) in [5.41, 5.74) is 1.71. The molecule has 0 fully saturated rings. The highest BCUT2D eigenvalue weighted by Gasteiger charge is 2.12. The van der Waals surface area contributed by atoms with Crippen molar-refractivity contribution in [2.75, 3.05) is 0 Å². The molecule has 0 bridgehead atoms. The van der Waals surface area contributed by atoms with Crippen LogP contribution >= 0.6 is 0 Å². The first kappa shape index (κ1) is 9.73. The van der Waals surface area contributed by atoms with Crippen LogP contribution in [0.5, 0.6) is 0 Å². The Kier molecular flexibility index (Phi) is 2.69. The van der Waals surface area contributed by atoms with E-state index in [1.807, 2.05) is 13.0 Å². The first-order chi connectivity index (χ1) is 7.27. The third-order valence-electron chi connectivity index (χ3n) is 2.04. The van der Waals surface area contributed by atoms with E-state index in [1.165, 1.54) is 0 Å². The van der Waals surface area contributed by atoms with Gasteiger partial charge in [-0.05, 0) is 24.6 Å². The van der Waals surface area contributed by atoms with Gasteiger partial charge >= 0.3 is 0 Å². The molecule has 1 atom stereocenters. The number of aryl methyl sites for hydroxylation is 1. The highest BCUT2D eigenvalue weighted by Crippen LogP contribution is 2.17. The summed E-state index contributed by atoms with van der Waals surface area (Å²) in [4.78, 5) is 12.0. The summed E-state index contributed by atoms with van der Waals surface area (Å²) in [5.74, 6) is 0.393. The van der Waals surface area contributed by atoms with Gasteiger partial charge < -0.3 is 5.11 Å². The van der Waals surface area contributed by atoms with E-state index >= 15 is 0 Å². The van der Waals surface area contributed by atoms with Crippen LogP contribution in [0.4, 0.5) is 0 Å². The third-order valence-corrected chi connectivity index (χ3v) is 2.04. The molecule has 4 nitrogen and oxygen atoms in total. The molecule has 15 heavy (non-hydrogen) atoms. The number of aromatic nitrogens is 3. The summed E-state index contributed by atoms with van der Waals surface area (Å²) in [6.07, 6.45) is 5.76. The second kappa shape index (κ2) is 4.14. The van der Waals surface area contributed by atoms with Gasteiger partial charge in [0, 0.05) is 30.4 Å². The van der Waals surface area contributed by atoms with Crippen LogP contribution in [0.25, 0.3) is 0 Å². The molecule has 1 unspecified atom stereocenters. The molecule has 2 aromatic rings. The average molecular weight is 201 g/mol. The fourth-order valence-corrected chi connectivity index (χ4v) is 1.33. The molecule has 0 aromatic carbocycles. The van der Waals surface area contributed by atoms with Crippen LogP contribution in [0, 0.1) is 6.92 Å². The Labute approximate surface area is 87.7 Å². The first-order valence-electron chi connectivity index (χ1n) is 4.64. The van der Waals surface area contributed by atoms with Crippen LogP contribution in [0.2, 0.25) is 0 Å². The monoisotopic (exact) mass is 201 g/mol. The predicted octanol–water partition coefficient (Wildman–Crippen LogP) is 1.26. The van der Waals surface area contributed by atoms with E-state index < -0.39 is 6.10 Å². The molecule has 0 aliphatic rings. The zero-order valence-electron chi connectivity index (χ0n) is 8.33. The molecule has 2 rings (SSSR count). The lowest BCUT2D eigenvalue weighted by Crippen LogP contribution is -2.05. The van der Waals surface area contributed by atoms with E-state index in [0.29, 0.717) is 11.4 Å². The molecule has 0 saturated carbocycles. The Morgan fingerprint density at radius 3 is 2.60 bits per heavy atom. The van der Waals surface area contributed by atoms with Crippen LogP contribution in [0.1, 0.15) is 23.1 Å². The van der Waals surface area contributed by atoms with Gasteiger partial charge in [-0.1, -0.05) is 0 Å². The zero-order chi connectivity index (χ0) is 10.7. The lowest BCUT2D eigenvalue weighted by Gasteiger charge is -2.08. The van der Waals surface area contributed by atoms with Gasteiger partial charge in [0.15, 0.2) is 5.82 Å².